The zero-order valence-corrected chi connectivity index (χ0v) is 27.3. The summed E-state index contributed by atoms with van der Waals surface area (Å²) in [6, 6.07) is 0. The molecule has 0 amide bonds. The van der Waals surface area contributed by atoms with Gasteiger partial charge in [0.15, 0.2) is 0 Å². The standard InChI is InChI=1S/C17H20O8.C6H14O3.3C3H4O2/c1-5-13(18)22-9-17(10-23-14(19)6-2,11-24-15(20)7-3)12-25-16(21)8-4;1-2-6(3-7,4-8)5-9;3*1-2-3(4)5/h5-8H,1-4,9-12H2;7-9H,2-5H2,1H3;3*2H,1H2,(H,4,5). The largest absolute Gasteiger partial charge is 0.478 e. The molecule has 276 valence electrons. The summed E-state index contributed by atoms with van der Waals surface area (Å²) in [5, 5.41) is 48.8. The van der Waals surface area contributed by atoms with E-state index >= 15 is 0 Å². The summed E-state index contributed by atoms with van der Waals surface area (Å²) in [6.07, 6.45) is 6.78. The van der Waals surface area contributed by atoms with Crippen LogP contribution in [-0.4, -0.2) is 119 Å². The first-order valence-corrected chi connectivity index (χ1v) is 13.4. The predicted octanol–water partition coefficient (Wildman–Crippen LogP) is 1.02. The van der Waals surface area contributed by atoms with Crippen LogP contribution in [0.3, 0.4) is 0 Å². The van der Waals surface area contributed by atoms with Gasteiger partial charge in [0.2, 0.25) is 0 Å². The Kier molecular flexibility index (Phi) is 36.4. The molecule has 0 unspecified atom stereocenters. The molecule has 0 bridgehead atoms. The van der Waals surface area contributed by atoms with Gasteiger partial charge in [-0.25, -0.2) is 33.6 Å². The number of carbonyl (C=O) groups is 7. The van der Waals surface area contributed by atoms with Crippen molar-refractivity contribution in [2.75, 3.05) is 46.2 Å². The molecule has 0 fully saturated rings. The SMILES string of the molecule is C=CC(=O)O.C=CC(=O)O.C=CC(=O)O.C=CC(=O)OCC(COC(=O)C=C)(COC(=O)C=C)COC(=O)C=C.CCC(CO)(CO)CO. The third-order valence-electron chi connectivity index (χ3n) is 5.03. The Balaban J connectivity index is -0.000000216. The number of hydrogen-bond acceptors (Lipinski definition) is 14. The minimum Gasteiger partial charge on any atom is -0.478 e. The van der Waals surface area contributed by atoms with E-state index in [4.69, 9.17) is 49.6 Å². The highest BCUT2D eigenvalue weighted by molar-refractivity contribution is 5.83. The molecule has 0 aromatic heterocycles. The molecule has 0 saturated carbocycles. The Hall–Kier alpha value is -5.65. The molecular weight excluding hydrogens is 656 g/mol. The van der Waals surface area contributed by atoms with Gasteiger partial charge in [-0.15, -0.1) is 0 Å². The molecule has 0 heterocycles. The molecular formula is C32H46O17. The van der Waals surface area contributed by atoms with Crippen molar-refractivity contribution in [1.29, 1.82) is 0 Å². The van der Waals surface area contributed by atoms with E-state index in [1.165, 1.54) is 0 Å². The van der Waals surface area contributed by atoms with Crippen molar-refractivity contribution >= 4 is 41.8 Å². The summed E-state index contributed by atoms with van der Waals surface area (Å²) < 4.78 is 19.8. The Morgan fingerprint density at radius 1 is 0.449 bits per heavy atom. The predicted molar refractivity (Wildman–Crippen MR) is 175 cm³/mol. The highest BCUT2D eigenvalue weighted by Gasteiger charge is 2.37. The van der Waals surface area contributed by atoms with Gasteiger partial charge in [0.25, 0.3) is 0 Å². The van der Waals surface area contributed by atoms with Gasteiger partial charge in [-0.1, -0.05) is 53.0 Å². The quantitative estimate of drug-likeness (QED) is 0.0622. The zero-order chi connectivity index (χ0) is 39.5. The van der Waals surface area contributed by atoms with Crippen molar-refractivity contribution in [2.45, 2.75) is 13.3 Å². The lowest BCUT2D eigenvalue weighted by molar-refractivity contribution is -0.164. The summed E-state index contributed by atoms with van der Waals surface area (Å²) in [4.78, 5) is 73.1. The number of esters is 4. The van der Waals surface area contributed by atoms with E-state index in [1.807, 2.05) is 6.92 Å². The molecule has 0 aliphatic heterocycles. The third-order valence-corrected chi connectivity index (χ3v) is 5.03. The second-order valence-electron chi connectivity index (χ2n) is 8.70. The van der Waals surface area contributed by atoms with Crippen molar-refractivity contribution in [3.05, 3.63) is 88.6 Å². The van der Waals surface area contributed by atoms with Gasteiger partial charge in [0, 0.05) is 47.9 Å². The van der Waals surface area contributed by atoms with Gasteiger partial charge in [-0.3, -0.25) is 0 Å². The molecule has 0 radical (unpaired) electrons. The molecule has 6 N–H and O–H groups in total. The number of carboxylic acid groups (broad SMARTS) is 3. The lowest BCUT2D eigenvalue weighted by Gasteiger charge is -2.31. The summed E-state index contributed by atoms with van der Waals surface area (Å²) >= 11 is 0. The molecule has 17 heteroatoms. The van der Waals surface area contributed by atoms with Crippen LogP contribution < -0.4 is 0 Å². The molecule has 0 aromatic carbocycles. The van der Waals surface area contributed by atoms with Crippen molar-refractivity contribution < 1.29 is 83.1 Å². The van der Waals surface area contributed by atoms with Crippen LogP contribution >= 0.6 is 0 Å². The molecule has 0 aliphatic carbocycles. The van der Waals surface area contributed by atoms with Gasteiger partial charge in [-0.2, -0.15) is 0 Å². The van der Waals surface area contributed by atoms with E-state index in [9.17, 15) is 33.6 Å². The molecule has 17 nitrogen and oxygen atoms in total. The molecule has 0 spiro atoms. The van der Waals surface area contributed by atoms with Crippen molar-refractivity contribution in [1.82, 2.24) is 0 Å². The number of carboxylic acids is 3. The normalized spacial score (nSPS) is 9.22. The maximum Gasteiger partial charge on any atom is 0.330 e. The van der Waals surface area contributed by atoms with Crippen LogP contribution in [0.15, 0.2) is 88.6 Å². The summed E-state index contributed by atoms with van der Waals surface area (Å²) in [5.74, 6) is -5.98. The van der Waals surface area contributed by atoms with E-state index in [0.29, 0.717) is 6.42 Å². The van der Waals surface area contributed by atoms with Gasteiger partial charge in [-0.05, 0) is 6.42 Å². The Morgan fingerprint density at radius 3 is 0.714 bits per heavy atom. The topological polar surface area (TPSA) is 278 Å². The van der Waals surface area contributed by atoms with Crippen LogP contribution in [0.25, 0.3) is 0 Å². The van der Waals surface area contributed by atoms with E-state index in [1.54, 1.807) is 0 Å². The van der Waals surface area contributed by atoms with E-state index in [2.05, 4.69) is 46.1 Å². The monoisotopic (exact) mass is 702 g/mol. The first-order chi connectivity index (χ1) is 22.9. The van der Waals surface area contributed by atoms with E-state index in [-0.39, 0.29) is 46.2 Å². The van der Waals surface area contributed by atoms with Crippen molar-refractivity contribution in [3.8, 4) is 0 Å². The second-order valence-corrected chi connectivity index (χ2v) is 8.70. The highest BCUT2D eigenvalue weighted by Crippen LogP contribution is 2.22. The number of ether oxygens (including phenoxy) is 4. The van der Waals surface area contributed by atoms with E-state index < -0.39 is 52.6 Å². The number of aliphatic carboxylic acids is 3. The fourth-order valence-electron chi connectivity index (χ4n) is 1.87. The van der Waals surface area contributed by atoms with Crippen LogP contribution in [0.2, 0.25) is 0 Å². The molecule has 0 aliphatic rings. The minimum atomic E-state index is -1.34. The van der Waals surface area contributed by atoms with Crippen LogP contribution in [0.5, 0.6) is 0 Å². The fourth-order valence-corrected chi connectivity index (χ4v) is 1.87. The fraction of sp³-hybridized carbons (Fsp3) is 0.344. The summed E-state index contributed by atoms with van der Waals surface area (Å²) in [5.41, 5.74) is -2.01. The van der Waals surface area contributed by atoms with Crippen LogP contribution in [-0.2, 0) is 52.5 Å². The van der Waals surface area contributed by atoms with Crippen LogP contribution in [0, 0.1) is 10.8 Å². The average molecular weight is 703 g/mol. The van der Waals surface area contributed by atoms with Crippen LogP contribution in [0.4, 0.5) is 0 Å². The lowest BCUT2D eigenvalue weighted by atomic mass is 9.88. The summed E-state index contributed by atoms with van der Waals surface area (Å²) in [7, 11) is 0. The Morgan fingerprint density at radius 2 is 0.633 bits per heavy atom. The minimum absolute atomic E-state index is 0.156. The molecule has 0 aromatic rings. The number of hydrogen-bond donors (Lipinski definition) is 6. The van der Waals surface area contributed by atoms with Gasteiger partial charge in [0.05, 0.1) is 19.8 Å². The van der Waals surface area contributed by atoms with Crippen molar-refractivity contribution in [2.24, 2.45) is 10.8 Å². The zero-order valence-electron chi connectivity index (χ0n) is 27.3. The smallest absolute Gasteiger partial charge is 0.330 e. The number of aliphatic hydroxyl groups excluding tert-OH is 3. The van der Waals surface area contributed by atoms with Crippen molar-refractivity contribution in [3.63, 3.8) is 0 Å². The average Bonchev–Trinajstić information content (AvgIpc) is 3.12. The van der Waals surface area contributed by atoms with Crippen LogP contribution in [0.1, 0.15) is 13.3 Å². The number of aliphatic hydroxyl groups is 3. The summed E-state index contributed by atoms with van der Waals surface area (Å²) in [6.45, 7) is 21.7. The molecule has 0 rings (SSSR count). The maximum atomic E-state index is 11.3. The first-order valence-electron chi connectivity index (χ1n) is 13.4. The second kappa shape index (κ2) is 33.7. The Bertz CT molecular complexity index is 955. The van der Waals surface area contributed by atoms with Gasteiger partial charge < -0.3 is 49.6 Å². The number of rotatable bonds is 19. The maximum absolute atomic E-state index is 11.3. The highest BCUT2D eigenvalue weighted by atomic mass is 16.6. The number of carbonyl (C=O) groups excluding carboxylic acids is 4. The molecule has 49 heavy (non-hydrogen) atoms. The first kappa shape index (κ1) is 52.9. The van der Waals surface area contributed by atoms with E-state index in [0.717, 1.165) is 42.5 Å². The molecule has 0 saturated heterocycles. The third kappa shape index (κ3) is 35.1. The van der Waals surface area contributed by atoms with Gasteiger partial charge in [0.1, 0.15) is 31.8 Å². The molecule has 0 atom stereocenters. The Labute approximate surface area is 284 Å². The van der Waals surface area contributed by atoms with Gasteiger partial charge >= 0.3 is 41.8 Å². The lowest BCUT2D eigenvalue weighted by Crippen LogP contribution is -2.43.